The zero-order valence-electron chi connectivity index (χ0n) is 15.3. The average Bonchev–Trinajstić information content (AvgIpc) is 3.16. The Morgan fingerprint density at radius 2 is 1.86 bits per heavy atom. The summed E-state index contributed by atoms with van der Waals surface area (Å²) in [5, 5.41) is 9.45. The molecule has 2 aromatic heterocycles. The molecule has 2 aromatic carbocycles. The van der Waals surface area contributed by atoms with Gasteiger partial charge in [-0.15, -0.1) is 0 Å². The van der Waals surface area contributed by atoms with Crippen LogP contribution in [0.5, 0.6) is 0 Å². The van der Waals surface area contributed by atoms with Crippen molar-refractivity contribution in [1.29, 1.82) is 0 Å². The Balaban J connectivity index is 1.62. The first kappa shape index (κ1) is 18.5. The van der Waals surface area contributed by atoms with E-state index in [0.717, 1.165) is 22.3 Å². The van der Waals surface area contributed by atoms with Gasteiger partial charge in [0.15, 0.2) is 5.65 Å². The molecule has 2 amide bonds. The third kappa shape index (κ3) is 4.06. The lowest BCUT2D eigenvalue weighted by atomic mass is 10.1. The minimum Gasteiger partial charge on any atom is -0.335 e. The molecule has 0 atom stereocenters. The van der Waals surface area contributed by atoms with Crippen LogP contribution in [0.4, 0.5) is 19.3 Å². The summed E-state index contributed by atoms with van der Waals surface area (Å²) in [7, 11) is 0. The lowest BCUT2D eigenvalue weighted by Crippen LogP contribution is -2.30. The summed E-state index contributed by atoms with van der Waals surface area (Å²) in [6.07, 6.45) is 5.23. The van der Waals surface area contributed by atoms with Crippen LogP contribution >= 0.6 is 0 Å². The molecule has 0 radical (unpaired) electrons. The highest BCUT2D eigenvalue weighted by Gasteiger charge is 2.11. The van der Waals surface area contributed by atoms with Gasteiger partial charge in [-0.25, -0.2) is 23.1 Å². The fourth-order valence-electron chi connectivity index (χ4n) is 2.97. The van der Waals surface area contributed by atoms with Gasteiger partial charge in [-0.05, 0) is 35.4 Å². The second-order valence-electron chi connectivity index (χ2n) is 6.33. The van der Waals surface area contributed by atoms with E-state index >= 15 is 0 Å². The summed E-state index contributed by atoms with van der Waals surface area (Å²) in [6.45, 7) is -0.665. The number of urea groups is 1. The van der Waals surface area contributed by atoms with Gasteiger partial charge in [0.1, 0.15) is 12.5 Å². The maximum Gasteiger partial charge on any atom is 0.319 e. The zero-order valence-corrected chi connectivity index (χ0v) is 15.3. The number of anilines is 1. The van der Waals surface area contributed by atoms with Gasteiger partial charge in [0.25, 0.3) is 0 Å². The van der Waals surface area contributed by atoms with E-state index in [1.54, 1.807) is 47.2 Å². The highest BCUT2D eigenvalue weighted by Crippen LogP contribution is 2.27. The zero-order chi connectivity index (χ0) is 20.2. The summed E-state index contributed by atoms with van der Waals surface area (Å²) in [5.74, 6) is -0.295. The summed E-state index contributed by atoms with van der Waals surface area (Å²) in [5.41, 5.74) is 4.49. The van der Waals surface area contributed by atoms with E-state index < -0.39 is 12.7 Å². The van der Waals surface area contributed by atoms with Crippen LogP contribution in [0.25, 0.3) is 27.9 Å². The molecule has 0 aliphatic rings. The molecular formula is C21H17F2N5O. The van der Waals surface area contributed by atoms with Crippen molar-refractivity contribution in [2.24, 2.45) is 0 Å². The van der Waals surface area contributed by atoms with E-state index in [1.165, 1.54) is 12.1 Å². The number of aromatic nitrogens is 3. The number of amides is 2. The predicted molar refractivity (Wildman–Crippen MR) is 107 cm³/mol. The van der Waals surface area contributed by atoms with Gasteiger partial charge in [-0.3, -0.25) is 0 Å². The summed E-state index contributed by atoms with van der Waals surface area (Å²) in [4.78, 5) is 16.2. The van der Waals surface area contributed by atoms with E-state index in [9.17, 15) is 13.6 Å². The third-order valence-electron chi connectivity index (χ3n) is 4.35. The lowest BCUT2D eigenvalue weighted by molar-refractivity contribution is 0.251. The molecular weight excluding hydrogens is 376 g/mol. The second-order valence-corrected chi connectivity index (χ2v) is 6.33. The van der Waals surface area contributed by atoms with Crippen LogP contribution in [0.1, 0.15) is 0 Å². The molecule has 4 rings (SSSR count). The Labute approximate surface area is 165 Å². The van der Waals surface area contributed by atoms with E-state index in [1.807, 2.05) is 12.3 Å². The summed E-state index contributed by atoms with van der Waals surface area (Å²) in [6, 6.07) is 12.9. The molecule has 0 bridgehead atoms. The topological polar surface area (TPSA) is 71.3 Å². The Morgan fingerprint density at radius 3 is 2.66 bits per heavy atom. The number of nitrogens with one attached hydrogen (secondary N) is 2. The van der Waals surface area contributed by atoms with Crippen LogP contribution in [-0.4, -0.2) is 33.8 Å². The largest absolute Gasteiger partial charge is 0.335 e. The number of nitrogens with zero attached hydrogens (tertiary/aromatic N) is 3. The normalized spacial score (nSPS) is 10.8. The van der Waals surface area contributed by atoms with E-state index in [4.69, 9.17) is 0 Å². The molecule has 8 heteroatoms. The van der Waals surface area contributed by atoms with Crippen molar-refractivity contribution >= 4 is 17.4 Å². The SMILES string of the molecule is O=C(NCCF)Nc1cccc(-c2cnn3cc(-c4ccc(F)cc4)cnc23)c1. The van der Waals surface area contributed by atoms with E-state index in [-0.39, 0.29) is 12.4 Å². The first-order chi connectivity index (χ1) is 14.1. The smallest absolute Gasteiger partial charge is 0.319 e. The molecule has 0 aliphatic carbocycles. The molecule has 146 valence electrons. The number of benzene rings is 2. The predicted octanol–water partition coefficient (Wildman–Crippen LogP) is 4.29. The number of hydrogen-bond donors (Lipinski definition) is 2. The van der Waals surface area contributed by atoms with Gasteiger partial charge < -0.3 is 10.6 Å². The number of fused-ring (bicyclic) bond motifs is 1. The molecule has 4 aromatic rings. The lowest BCUT2D eigenvalue weighted by Gasteiger charge is -2.08. The summed E-state index contributed by atoms with van der Waals surface area (Å²) < 4.78 is 27.0. The van der Waals surface area contributed by atoms with E-state index in [2.05, 4.69) is 20.7 Å². The van der Waals surface area contributed by atoms with Crippen molar-refractivity contribution in [2.75, 3.05) is 18.5 Å². The van der Waals surface area contributed by atoms with Crippen LogP contribution < -0.4 is 10.6 Å². The first-order valence-corrected chi connectivity index (χ1v) is 8.94. The molecule has 0 fully saturated rings. The summed E-state index contributed by atoms with van der Waals surface area (Å²) >= 11 is 0. The molecule has 0 unspecified atom stereocenters. The van der Waals surface area contributed by atoms with Crippen molar-refractivity contribution < 1.29 is 13.6 Å². The van der Waals surface area contributed by atoms with Crippen LogP contribution in [0.2, 0.25) is 0 Å². The number of hydrogen-bond acceptors (Lipinski definition) is 3. The Hall–Kier alpha value is -3.81. The number of alkyl halides is 1. The second kappa shape index (κ2) is 8.05. The molecule has 0 aliphatic heterocycles. The third-order valence-corrected chi connectivity index (χ3v) is 4.35. The quantitative estimate of drug-likeness (QED) is 0.531. The van der Waals surface area contributed by atoms with Crippen molar-refractivity contribution in [3.8, 4) is 22.3 Å². The molecule has 0 spiro atoms. The van der Waals surface area contributed by atoms with Crippen LogP contribution in [0.15, 0.2) is 67.1 Å². The van der Waals surface area contributed by atoms with Crippen molar-refractivity contribution in [2.45, 2.75) is 0 Å². The highest BCUT2D eigenvalue weighted by molar-refractivity contribution is 5.90. The molecule has 2 heterocycles. The Kier molecular flexibility index (Phi) is 5.15. The van der Waals surface area contributed by atoms with Gasteiger partial charge in [0, 0.05) is 35.8 Å². The Bertz CT molecular complexity index is 1160. The van der Waals surface area contributed by atoms with Crippen molar-refractivity contribution in [1.82, 2.24) is 19.9 Å². The average molecular weight is 393 g/mol. The van der Waals surface area contributed by atoms with Crippen LogP contribution in [0.3, 0.4) is 0 Å². The molecule has 6 nitrogen and oxygen atoms in total. The molecule has 29 heavy (non-hydrogen) atoms. The van der Waals surface area contributed by atoms with Gasteiger partial charge in [-0.2, -0.15) is 5.10 Å². The Morgan fingerprint density at radius 1 is 1.03 bits per heavy atom. The first-order valence-electron chi connectivity index (χ1n) is 8.94. The number of carbonyl (C=O) groups is 1. The number of carbonyl (C=O) groups excluding carboxylic acids is 1. The van der Waals surface area contributed by atoms with Crippen molar-refractivity contribution in [3.05, 3.63) is 72.9 Å². The fourth-order valence-corrected chi connectivity index (χ4v) is 2.97. The molecule has 2 N–H and O–H groups in total. The van der Waals surface area contributed by atoms with Gasteiger partial charge >= 0.3 is 6.03 Å². The van der Waals surface area contributed by atoms with E-state index in [0.29, 0.717) is 11.3 Å². The minimum absolute atomic E-state index is 0.0418. The number of halogens is 2. The molecule has 0 saturated heterocycles. The fraction of sp³-hybridized carbons (Fsp3) is 0.0952. The maximum absolute atomic E-state index is 13.1. The monoisotopic (exact) mass is 393 g/mol. The van der Waals surface area contributed by atoms with Gasteiger partial charge in [0.2, 0.25) is 0 Å². The molecule has 0 saturated carbocycles. The maximum atomic E-state index is 13.1. The van der Waals surface area contributed by atoms with Crippen LogP contribution in [-0.2, 0) is 0 Å². The van der Waals surface area contributed by atoms with Crippen LogP contribution in [0, 0.1) is 5.82 Å². The minimum atomic E-state index is -0.624. The van der Waals surface area contributed by atoms with Gasteiger partial charge in [-0.1, -0.05) is 24.3 Å². The standard InChI is InChI=1S/C21H17F2N5O/c22-8-9-24-21(29)27-18-3-1-2-15(10-18)19-12-26-28-13-16(11-25-20(19)28)14-4-6-17(23)7-5-14/h1-7,10-13H,8-9H2,(H2,24,27,29). The highest BCUT2D eigenvalue weighted by atomic mass is 19.1. The van der Waals surface area contributed by atoms with Gasteiger partial charge in [0.05, 0.1) is 6.20 Å². The number of rotatable bonds is 5. The van der Waals surface area contributed by atoms with Crippen molar-refractivity contribution in [3.63, 3.8) is 0 Å².